The molecule has 1 aliphatic carbocycles. The molecule has 0 heterocycles. The molecular formula is C14H24. The molecule has 0 amide bonds. The lowest BCUT2D eigenvalue weighted by atomic mass is 9.90. The Morgan fingerprint density at radius 2 is 2.00 bits per heavy atom. The average molecular weight is 192 g/mol. The number of allylic oxidation sites excluding steroid dienone is 5. The molecule has 0 N–H and O–H groups in total. The van der Waals surface area contributed by atoms with Crippen molar-refractivity contribution in [2.45, 2.75) is 53.4 Å². The zero-order chi connectivity index (χ0) is 9.68. The van der Waals surface area contributed by atoms with Gasteiger partial charge in [-0.25, -0.2) is 0 Å². The zero-order valence-corrected chi connectivity index (χ0v) is 8.90. The van der Waals surface area contributed by atoms with Gasteiger partial charge in [0.05, 0.1) is 0 Å². The predicted octanol–water partition coefficient (Wildman–Crippen LogP) is 5.04. The normalized spacial score (nSPS) is 20.9. The van der Waals surface area contributed by atoms with Crippen molar-refractivity contribution in [3.8, 4) is 0 Å². The summed E-state index contributed by atoms with van der Waals surface area (Å²) in [5.41, 5.74) is 4.27. The smallest absolute Gasteiger partial charge is 0.0276 e. The highest BCUT2D eigenvalue weighted by molar-refractivity contribution is 5.33. The van der Waals surface area contributed by atoms with Crippen LogP contribution in [0.15, 0.2) is 35.5 Å². The SMILES string of the molecule is C.C=C1CCCC/C1=C/C=C(/C)CC. The summed E-state index contributed by atoms with van der Waals surface area (Å²) < 4.78 is 0. The molecule has 1 aliphatic rings. The number of rotatable bonds is 2. The van der Waals surface area contributed by atoms with E-state index in [0.29, 0.717) is 0 Å². The quantitative estimate of drug-likeness (QED) is 0.575. The molecule has 1 rings (SSSR count). The molecule has 0 radical (unpaired) electrons. The van der Waals surface area contributed by atoms with Gasteiger partial charge in [0.15, 0.2) is 0 Å². The molecular weight excluding hydrogens is 168 g/mol. The molecule has 14 heavy (non-hydrogen) atoms. The van der Waals surface area contributed by atoms with E-state index >= 15 is 0 Å². The summed E-state index contributed by atoms with van der Waals surface area (Å²) in [6.07, 6.45) is 10.7. The Kier molecular flexibility index (Phi) is 6.27. The minimum atomic E-state index is 0. The van der Waals surface area contributed by atoms with Gasteiger partial charge in [-0.2, -0.15) is 0 Å². The Balaban J connectivity index is 0.00000169. The van der Waals surface area contributed by atoms with Crippen LogP contribution in [0.25, 0.3) is 0 Å². The van der Waals surface area contributed by atoms with Crippen LogP contribution in [0.2, 0.25) is 0 Å². The van der Waals surface area contributed by atoms with Crippen molar-refractivity contribution in [2.75, 3.05) is 0 Å². The molecule has 0 unspecified atom stereocenters. The van der Waals surface area contributed by atoms with Gasteiger partial charge in [0, 0.05) is 0 Å². The lowest BCUT2D eigenvalue weighted by Gasteiger charge is -2.16. The molecule has 0 aliphatic heterocycles. The Hall–Kier alpha value is -0.780. The van der Waals surface area contributed by atoms with E-state index < -0.39 is 0 Å². The van der Waals surface area contributed by atoms with Crippen molar-refractivity contribution < 1.29 is 0 Å². The van der Waals surface area contributed by atoms with E-state index in [4.69, 9.17) is 0 Å². The lowest BCUT2D eigenvalue weighted by Crippen LogP contribution is -1.96. The second-order valence-electron chi connectivity index (χ2n) is 3.87. The summed E-state index contributed by atoms with van der Waals surface area (Å²) in [5, 5.41) is 0. The van der Waals surface area contributed by atoms with Gasteiger partial charge in [-0.3, -0.25) is 0 Å². The van der Waals surface area contributed by atoms with Crippen molar-refractivity contribution in [3.05, 3.63) is 35.5 Å². The molecule has 0 aromatic carbocycles. The van der Waals surface area contributed by atoms with Crippen LogP contribution in [0.1, 0.15) is 53.4 Å². The Bertz CT molecular complexity index is 241. The van der Waals surface area contributed by atoms with E-state index in [-0.39, 0.29) is 7.43 Å². The van der Waals surface area contributed by atoms with Crippen LogP contribution in [0, 0.1) is 0 Å². The fourth-order valence-electron chi connectivity index (χ4n) is 1.55. The highest BCUT2D eigenvalue weighted by atomic mass is 14.1. The third kappa shape index (κ3) is 3.95. The summed E-state index contributed by atoms with van der Waals surface area (Å²) in [7, 11) is 0. The van der Waals surface area contributed by atoms with E-state index in [1.54, 1.807) is 0 Å². The van der Waals surface area contributed by atoms with E-state index in [1.165, 1.54) is 42.4 Å². The molecule has 0 heteroatoms. The van der Waals surface area contributed by atoms with Gasteiger partial charge in [-0.1, -0.05) is 44.2 Å². The second-order valence-corrected chi connectivity index (χ2v) is 3.87. The van der Waals surface area contributed by atoms with Crippen molar-refractivity contribution in [1.82, 2.24) is 0 Å². The molecule has 1 saturated carbocycles. The van der Waals surface area contributed by atoms with Crippen LogP contribution in [-0.2, 0) is 0 Å². The van der Waals surface area contributed by atoms with E-state index in [1.807, 2.05) is 0 Å². The summed E-state index contributed by atoms with van der Waals surface area (Å²) >= 11 is 0. The fraction of sp³-hybridized carbons (Fsp3) is 0.571. The third-order valence-corrected chi connectivity index (χ3v) is 2.76. The summed E-state index contributed by atoms with van der Waals surface area (Å²) in [6, 6.07) is 0. The molecule has 80 valence electrons. The van der Waals surface area contributed by atoms with Crippen molar-refractivity contribution in [3.63, 3.8) is 0 Å². The molecule has 0 spiro atoms. The number of hydrogen-bond acceptors (Lipinski definition) is 0. The van der Waals surface area contributed by atoms with Crippen LogP contribution in [-0.4, -0.2) is 0 Å². The predicted molar refractivity (Wildman–Crippen MR) is 66.5 cm³/mol. The van der Waals surface area contributed by atoms with Crippen molar-refractivity contribution >= 4 is 0 Å². The first-order valence-electron chi connectivity index (χ1n) is 5.28. The third-order valence-electron chi connectivity index (χ3n) is 2.76. The fourth-order valence-corrected chi connectivity index (χ4v) is 1.55. The standard InChI is InChI=1S/C13H20.CH4/c1-4-11(2)9-10-13-8-6-5-7-12(13)3;/h9-10H,3-8H2,1-2H3;1H4/b11-9-,13-10-;. The van der Waals surface area contributed by atoms with Crippen LogP contribution < -0.4 is 0 Å². The van der Waals surface area contributed by atoms with Gasteiger partial charge in [-0.15, -0.1) is 0 Å². The molecule has 0 bridgehead atoms. The Morgan fingerprint density at radius 1 is 1.36 bits per heavy atom. The van der Waals surface area contributed by atoms with Crippen LogP contribution >= 0.6 is 0 Å². The van der Waals surface area contributed by atoms with Crippen LogP contribution in [0.5, 0.6) is 0 Å². The van der Waals surface area contributed by atoms with E-state index in [9.17, 15) is 0 Å². The molecule has 0 nitrogen and oxygen atoms in total. The minimum absolute atomic E-state index is 0. The van der Waals surface area contributed by atoms with Gasteiger partial charge in [0.2, 0.25) is 0 Å². The van der Waals surface area contributed by atoms with Crippen LogP contribution in [0.4, 0.5) is 0 Å². The van der Waals surface area contributed by atoms with Gasteiger partial charge >= 0.3 is 0 Å². The first-order valence-corrected chi connectivity index (χ1v) is 5.28. The average Bonchev–Trinajstić information content (AvgIpc) is 2.16. The minimum Gasteiger partial charge on any atom is -0.0956 e. The van der Waals surface area contributed by atoms with Crippen LogP contribution in [0.3, 0.4) is 0 Å². The molecule has 0 aromatic rings. The molecule has 1 fully saturated rings. The summed E-state index contributed by atoms with van der Waals surface area (Å²) in [5.74, 6) is 0. The van der Waals surface area contributed by atoms with E-state index in [2.05, 4.69) is 32.6 Å². The maximum absolute atomic E-state index is 4.10. The van der Waals surface area contributed by atoms with Crippen molar-refractivity contribution in [1.29, 1.82) is 0 Å². The van der Waals surface area contributed by atoms with Gasteiger partial charge < -0.3 is 0 Å². The highest BCUT2D eigenvalue weighted by Crippen LogP contribution is 2.27. The second kappa shape index (κ2) is 6.64. The topological polar surface area (TPSA) is 0 Å². The molecule has 0 saturated heterocycles. The maximum atomic E-state index is 4.10. The molecule has 0 aromatic heterocycles. The number of hydrogen-bond donors (Lipinski definition) is 0. The van der Waals surface area contributed by atoms with Gasteiger partial charge in [0.1, 0.15) is 0 Å². The maximum Gasteiger partial charge on any atom is -0.0276 e. The summed E-state index contributed by atoms with van der Waals surface area (Å²) in [6.45, 7) is 8.48. The largest absolute Gasteiger partial charge is 0.0956 e. The van der Waals surface area contributed by atoms with Gasteiger partial charge in [0.25, 0.3) is 0 Å². The highest BCUT2D eigenvalue weighted by Gasteiger charge is 2.07. The summed E-state index contributed by atoms with van der Waals surface area (Å²) in [4.78, 5) is 0. The lowest BCUT2D eigenvalue weighted by molar-refractivity contribution is 0.681. The van der Waals surface area contributed by atoms with E-state index in [0.717, 1.165) is 6.42 Å². The zero-order valence-electron chi connectivity index (χ0n) is 8.90. The van der Waals surface area contributed by atoms with Crippen molar-refractivity contribution in [2.24, 2.45) is 0 Å². The first kappa shape index (κ1) is 13.2. The van der Waals surface area contributed by atoms with Gasteiger partial charge in [-0.05, 0) is 44.6 Å². The monoisotopic (exact) mass is 192 g/mol. The Morgan fingerprint density at radius 3 is 2.57 bits per heavy atom. The Labute approximate surface area is 89.4 Å². The first-order chi connectivity index (χ1) is 6.24. The molecule has 0 atom stereocenters.